The summed E-state index contributed by atoms with van der Waals surface area (Å²) >= 11 is 15.3. The van der Waals surface area contributed by atoms with Crippen LogP contribution < -0.4 is 10.6 Å². The van der Waals surface area contributed by atoms with Crippen LogP contribution in [-0.2, 0) is 19.1 Å². The molecule has 0 aliphatic heterocycles. The number of ether oxygens (including phenoxy) is 1. The Morgan fingerprint density at radius 2 is 1.66 bits per heavy atom. The van der Waals surface area contributed by atoms with Crippen molar-refractivity contribution in [2.45, 2.75) is 26.2 Å². The van der Waals surface area contributed by atoms with E-state index in [1.807, 2.05) is 6.92 Å². The van der Waals surface area contributed by atoms with E-state index in [-0.39, 0.29) is 25.2 Å². The van der Waals surface area contributed by atoms with Gasteiger partial charge in [0.25, 0.3) is 5.91 Å². The molecule has 2 aromatic carbocycles. The third-order valence-corrected chi connectivity index (χ3v) is 5.36. The molecule has 0 atom stereocenters. The van der Waals surface area contributed by atoms with Crippen LogP contribution in [0.4, 0.5) is 11.4 Å². The molecule has 2 rings (SSSR count). The number of nitrogens with one attached hydrogen (secondary N) is 2. The second-order valence-corrected chi connectivity index (χ2v) is 7.84. The Morgan fingerprint density at radius 1 is 0.966 bits per heavy atom. The number of anilines is 2. The van der Waals surface area contributed by atoms with E-state index in [2.05, 4.69) is 26.6 Å². The van der Waals surface area contributed by atoms with Crippen molar-refractivity contribution in [3.05, 3.63) is 56.5 Å². The Balaban J connectivity index is 1.69. The average molecular weight is 502 g/mol. The normalized spacial score (nSPS) is 10.3. The molecule has 0 unspecified atom stereocenters. The molecule has 0 saturated heterocycles. The number of halogens is 3. The molecule has 0 aliphatic carbocycles. The van der Waals surface area contributed by atoms with Crippen molar-refractivity contribution in [3.8, 4) is 0 Å². The topological polar surface area (TPSA) is 84.5 Å². The second-order valence-electron chi connectivity index (χ2n) is 6.17. The van der Waals surface area contributed by atoms with Crippen LogP contribution in [0.25, 0.3) is 0 Å². The largest absolute Gasteiger partial charge is 0.456 e. The van der Waals surface area contributed by atoms with E-state index in [1.54, 1.807) is 36.4 Å². The van der Waals surface area contributed by atoms with E-state index >= 15 is 0 Å². The molecule has 0 radical (unpaired) electrons. The van der Waals surface area contributed by atoms with Gasteiger partial charge in [-0.2, -0.15) is 0 Å². The summed E-state index contributed by atoms with van der Waals surface area (Å²) in [6, 6.07) is 10.3. The number of carbonyl (C=O) groups excluding carboxylic acids is 3. The summed E-state index contributed by atoms with van der Waals surface area (Å²) in [6.45, 7) is 1.40. The molecule has 0 fully saturated rings. The maximum atomic E-state index is 12.0. The Bertz CT molecular complexity index is 921. The molecule has 2 N–H and O–H groups in total. The van der Waals surface area contributed by atoms with Crippen molar-refractivity contribution in [1.29, 1.82) is 0 Å². The van der Waals surface area contributed by atoms with Gasteiger partial charge in [0.1, 0.15) is 0 Å². The van der Waals surface area contributed by atoms with Crippen LogP contribution in [0.5, 0.6) is 0 Å². The molecular weight excluding hydrogens is 483 g/mol. The lowest BCUT2D eigenvalue weighted by molar-refractivity contribution is -0.147. The molecular formula is C20H19BrCl2N2O4. The van der Waals surface area contributed by atoms with Crippen molar-refractivity contribution in [2.75, 3.05) is 17.2 Å². The highest BCUT2D eigenvalue weighted by Gasteiger charge is 2.12. The zero-order valence-electron chi connectivity index (χ0n) is 15.6. The molecule has 0 heterocycles. The van der Waals surface area contributed by atoms with E-state index in [9.17, 15) is 14.4 Å². The van der Waals surface area contributed by atoms with Crippen LogP contribution in [0.3, 0.4) is 0 Å². The summed E-state index contributed by atoms with van der Waals surface area (Å²) in [5.41, 5.74) is 1.86. The minimum absolute atomic E-state index is 0.0202. The molecule has 154 valence electrons. The molecule has 9 heteroatoms. The number of carbonyl (C=O) groups is 3. The summed E-state index contributed by atoms with van der Waals surface area (Å²) in [7, 11) is 0. The van der Waals surface area contributed by atoms with Gasteiger partial charge in [-0.25, -0.2) is 0 Å². The summed E-state index contributed by atoms with van der Waals surface area (Å²) in [5, 5.41) is 6.21. The summed E-state index contributed by atoms with van der Waals surface area (Å²) in [4.78, 5) is 35.6. The minimum Gasteiger partial charge on any atom is -0.456 e. The fourth-order valence-corrected chi connectivity index (χ4v) is 3.16. The molecule has 2 aromatic rings. The zero-order valence-corrected chi connectivity index (χ0v) is 18.7. The number of rotatable bonds is 8. The number of hydrogen-bond acceptors (Lipinski definition) is 4. The predicted molar refractivity (Wildman–Crippen MR) is 117 cm³/mol. The molecule has 0 aromatic heterocycles. The number of hydrogen-bond donors (Lipinski definition) is 2. The highest BCUT2D eigenvalue weighted by molar-refractivity contribution is 9.10. The highest BCUT2D eigenvalue weighted by atomic mass is 79.9. The van der Waals surface area contributed by atoms with Crippen LogP contribution in [0, 0.1) is 6.92 Å². The molecule has 0 spiro atoms. The van der Waals surface area contributed by atoms with Gasteiger partial charge in [0, 0.05) is 23.0 Å². The summed E-state index contributed by atoms with van der Waals surface area (Å²) in [5.74, 6) is -1.29. The smallest absolute Gasteiger partial charge is 0.306 e. The monoisotopic (exact) mass is 500 g/mol. The van der Waals surface area contributed by atoms with Gasteiger partial charge in [0.2, 0.25) is 5.91 Å². The standard InChI is InChI=1S/C20H19BrCl2N2O4/c1-12-9-13(21)15(23)10-17(12)25-19(27)11-29-20(28)8-4-7-18(26)24-16-6-3-2-5-14(16)22/h2-3,5-6,9-10H,4,7-8,11H2,1H3,(H,24,26)(H,25,27). The first-order valence-electron chi connectivity index (χ1n) is 8.71. The summed E-state index contributed by atoms with van der Waals surface area (Å²) in [6.07, 6.45) is 0.438. The van der Waals surface area contributed by atoms with Gasteiger partial charge in [-0.05, 0) is 59.1 Å². The number of aryl methyl sites for hydroxylation is 1. The van der Waals surface area contributed by atoms with Gasteiger partial charge in [0.05, 0.1) is 15.7 Å². The molecule has 0 bridgehead atoms. The summed E-state index contributed by atoms with van der Waals surface area (Å²) < 4.78 is 5.66. The van der Waals surface area contributed by atoms with Gasteiger partial charge < -0.3 is 15.4 Å². The van der Waals surface area contributed by atoms with E-state index in [4.69, 9.17) is 27.9 Å². The molecule has 29 heavy (non-hydrogen) atoms. The van der Waals surface area contributed by atoms with Gasteiger partial charge in [0.15, 0.2) is 6.61 Å². The Kier molecular flexibility index (Phi) is 8.95. The number of esters is 1. The van der Waals surface area contributed by atoms with Crippen molar-refractivity contribution in [3.63, 3.8) is 0 Å². The Labute approximate surface area is 187 Å². The van der Waals surface area contributed by atoms with Crippen LogP contribution in [-0.4, -0.2) is 24.4 Å². The maximum Gasteiger partial charge on any atom is 0.306 e. The number of amides is 2. The fraction of sp³-hybridized carbons (Fsp3) is 0.250. The van der Waals surface area contributed by atoms with E-state index in [1.165, 1.54) is 0 Å². The SMILES string of the molecule is Cc1cc(Br)c(Cl)cc1NC(=O)COC(=O)CCCC(=O)Nc1ccccc1Cl. The average Bonchev–Trinajstić information content (AvgIpc) is 2.66. The van der Waals surface area contributed by atoms with Crippen LogP contribution in [0.1, 0.15) is 24.8 Å². The highest BCUT2D eigenvalue weighted by Crippen LogP contribution is 2.29. The van der Waals surface area contributed by atoms with Crippen LogP contribution in [0.2, 0.25) is 10.0 Å². The Morgan fingerprint density at radius 3 is 2.38 bits per heavy atom. The molecule has 2 amide bonds. The fourth-order valence-electron chi connectivity index (χ4n) is 2.35. The van der Waals surface area contributed by atoms with Gasteiger partial charge in [-0.3, -0.25) is 14.4 Å². The maximum absolute atomic E-state index is 12.0. The molecule has 0 aliphatic rings. The van der Waals surface area contributed by atoms with Gasteiger partial charge >= 0.3 is 5.97 Å². The van der Waals surface area contributed by atoms with Crippen molar-refractivity contribution in [1.82, 2.24) is 0 Å². The van der Waals surface area contributed by atoms with E-state index in [0.717, 1.165) is 10.0 Å². The van der Waals surface area contributed by atoms with E-state index < -0.39 is 18.5 Å². The van der Waals surface area contributed by atoms with Crippen LogP contribution in [0.15, 0.2) is 40.9 Å². The van der Waals surface area contributed by atoms with Crippen molar-refractivity contribution >= 4 is 68.3 Å². The number of para-hydroxylation sites is 1. The quantitative estimate of drug-likeness (QED) is 0.477. The lowest BCUT2D eigenvalue weighted by atomic mass is 10.2. The molecule has 0 saturated carbocycles. The lowest BCUT2D eigenvalue weighted by Gasteiger charge is -2.10. The first-order chi connectivity index (χ1) is 13.8. The van der Waals surface area contributed by atoms with Crippen molar-refractivity contribution < 1.29 is 19.1 Å². The third-order valence-electron chi connectivity index (χ3n) is 3.84. The third kappa shape index (κ3) is 7.68. The van der Waals surface area contributed by atoms with E-state index in [0.29, 0.717) is 21.4 Å². The number of benzene rings is 2. The van der Waals surface area contributed by atoms with Gasteiger partial charge in [-0.15, -0.1) is 0 Å². The van der Waals surface area contributed by atoms with Gasteiger partial charge in [-0.1, -0.05) is 35.3 Å². The van der Waals surface area contributed by atoms with Crippen molar-refractivity contribution in [2.24, 2.45) is 0 Å². The minimum atomic E-state index is -0.559. The first kappa shape index (κ1) is 23.2. The lowest BCUT2D eigenvalue weighted by Crippen LogP contribution is -2.21. The Hall–Kier alpha value is -2.09. The first-order valence-corrected chi connectivity index (χ1v) is 10.3. The molecule has 6 nitrogen and oxygen atoms in total. The zero-order chi connectivity index (χ0) is 21.4. The second kappa shape index (κ2) is 11.2. The predicted octanol–water partition coefficient (Wildman–Crippen LogP) is 5.36. The van der Waals surface area contributed by atoms with Crippen LogP contribution >= 0.6 is 39.1 Å².